The Labute approximate surface area is 557 Å². The molecule has 0 aromatic heterocycles. The van der Waals surface area contributed by atoms with Crippen molar-refractivity contribution in [3.05, 3.63) is 48.6 Å². The maximum Gasteiger partial charge on any atom is 0.0102 e. The molecule has 14 saturated carbocycles. The van der Waals surface area contributed by atoms with Gasteiger partial charge in [-0.05, 0) is 363 Å². The summed E-state index contributed by atoms with van der Waals surface area (Å²) in [5.74, 6) is 17.6. The summed E-state index contributed by atoms with van der Waals surface area (Å²) in [4.78, 5) is 6.70. The molecule has 0 N–H and O–H groups in total. The molecule has 0 aliphatic heterocycles. The van der Waals surface area contributed by atoms with E-state index >= 15 is 0 Å². The third-order valence-corrected chi connectivity index (χ3v) is 31.6. The summed E-state index contributed by atoms with van der Waals surface area (Å²) in [7, 11) is 0. The fourth-order valence-electron chi connectivity index (χ4n) is 26.7. The standard InChI is InChI=1S/C88H144N2/c1-5-17-65(18-6-1)29-33-69-37-49-75(50-38-69)89(76-51-39-70(40-52-76)34-30-66-19-7-2-8-20-66)79-57-45-73(46-58-79)81-61-63-87(85-27-15-13-25-83(81)85)88-64-62-82(84-26-14-16-28-86(84)88)74-47-59-80(60-48-74)90(77-53-41-71(42-54-77)35-31-67-21-9-3-10-22-67)78-55-43-72(44-56-78)36-32-68-23-11-4-12-24-68/h29-36,65-88H,1-28,37-64H2. The number of rotatable bonds is 17. The number of allylic oxidation sites excluding steroid dienone is 8. The molecule has 2 nitrogen and oxygen atoms in total. The van der Waals surface area contributed by atoms with Crippen LogP contribution in [0, 0.1) is 107 Å². The van der Waals surface area contributed by atoms with E-state index in [-0.39, 0.29) is 0 Å². The molecule has 8 unspecified atom stereocenters. The first-order valence-electron chi connectivity index (χ1n) is 42.9. The van der Waals surface area contributed by atoms with Crippen LogP contribution in [0.5, 0.6) is 0 Å². The molecule has 0 heterocycles. The molecular weight excluding hydrogens is 1080 g/mol. The van der Waals surface area contributed by atoms with Gasteiger partial charge in [0.25, 0.3) is 0 Å². The molecule has 0 saturated heterocycles. The van der Waals surface area contributed by atoms with E-state index in [0.29, 0.717) is 0 Å². The minimum absolute atomic E-state index is 0.858. The van der Waals surface area contributed by atoms with Crippen LogP contribution >= 0.6 is 0 Å². The highest BCUT2D eigenvalue weighted by atomic mass is 15.2. The van der Waals surface area contributed by atoms with Crippen LogP contribution in [0.3, 0.4) is 0 Å². The minimum Gasteiger partial charge on any atom is -0.294 e. The Morgan fingerprint density at radius 1 is 0.133 bits per heavy atom. The van der Waals surface area contributed by atoms with Gasteiger partial charge in [-0.1, -0.05) is 151 Å². The molecular formula is C88H144N2. The SMILES string of the molecule is C(=CC1CCC(N(C2CCC(C=CC3CCCCC3)CC2)C2CCC(C3CCC(C4CCC(C5CCC(N(C6CCC(C=CC7CCCCC7)CC6)C6CCC(C=CC7CCCCC7)CC6)CC5)C5CCCCC54)C4CCCCC34)CC2)CC1)C1CCCCC1. The summed E-state index contributed by atoms with van der Waals surface area (Å²) < 4.78 is 0. The highest BCUT2D eigenvalue weighted by Gasteiger charge is 2.53. The molecule has 0 radical (unpaired) electrons. The molecule has 0 bridgehead atoms. The second-order valence-corrected chi connectivity index (χ2v) is 36.5. The van der Waals surface area contributed by atoms with E-state index in [2.05, 4.69) is 58.4 Å². The predicted octanol–water partition coefficient (Wildman–Crippen LogP) is 25.2. The molecule has 0 aromatic carbocycles. The molecule has 2 heteroatoms. The zero-order valence-electron chi connectivity index (χ0n) is 59.0. The van der Waals surface area contributed by atoms with Gasteiger partial charge in [0.1, 0.15) is 0 Å². The van der Waals surface area contributed by atoms with Gasteiger partial charge in [0.15, 0.2) is 0 Å². The van der Waals surface area contributed by atoms with Gasteiger partial charge in [-0.3, -0.25) is 9.80 Å². The zero-order valence-corrected chi connectivity index (χ0v) is 59.0. The minimum atomic E-state index is 0.858. The Kier molecular flexibility index (Phi) is 24.6. The Bertz CT molecular complexity index is 1910. The van der Waals surface area contributed by atoms with Crippen molar-refractivity contribution in [3.63, 3.8) is 0 Å². The van der Waals surface area contributed by atoms with E-state index < -0.39 is 0 Å². The predicted molar refractivity (Wildman–Crippen MR) is 384 cm³/mol. The molecule has 0 aromatic rings. The maximum absolute atomic E-state index is 3.35. The zero-order chi connectivity index (χ0) is 60.3. The van der Waals surface area contributed by atoms with Crippen molar-refractivity contribution >= 4 is 0 Å². The Morgan fingerprint density at radius 2 is 0.300 bits per heavy atom. The van der Waals surface area contributed by atoms with Crippen molar-refractivity contribution in [2.45, 2.75) is 396 Å². The summed E-state index contributed by atoms with van der Waals surface area (Å²) in [6, 6.07) is 5.18. The monoisotopic (exact) mass is 1230 g/mol. The maximum atomic E-state index is 3.35. The van der Waals surface area contributed by atoms with Crippen molar-refractivity contribution in [3.8, 4) is 0 Å². The van der Waals surface area contributed by atoms with Gasteiger partial charge in [-0.2, -0.15) is 0 Å². The largest absolute Gasteiger partial charge is 0.294 e. The van der Waals surface area contributed by atoms with Crippen molar-refractivity contribution in [1.29, 1.82) is 0 Å². The highest BCUT2D eigenvalue weighted by Crippen LogP contribution is 2.61. The lowest BCUT2D eigenvalue weighted by atomic mass is 9.49. The van der Waals surface area contributed by atoms with E-state index in [1.165, 1.54) is 257 Å². The van der Waals surface area contributed by atoms with Gasteiger partial charge < -0.3 is 0 Å². The van der Waals surface area contributed by atoms with Gasteiger partial charge in [0.2, 0.25) is 0 Å². The lowest BCUT2D eigenvalue weighted by Crippen LogP contribution is -2.53. The van der Waals surface area contributed by atoms with Gasteiger partial charge in [0.05, 0.1) is 0 Å². The lowest BCUT2D eigenvalue weighted by molar-refractivity contribution is -0.0760. The average molecular weight is 1230 g/mol. The van der Waals surface area contributed by atoms with Crippen LogP contribution in [0.2, 0.25) is 0 Å². The molecule has 14 rings (SSSR count). The number of fused-ring (bicyclic) bond motifs is 2. The van der Waals surface area contributed by atoms with E-state index in [1.807, 2.05) is 0 Å². The molecule has 0 spiro atoms. The summed E-state index contributed by atoms with van der Waals surface area (Å²) in [6.07, 6.45) is 106. The van der Waals surface area contributed by atoms with Gasteiger partial charge in [-0.25, -0.2) is 0 Å². The van der Waals surface area contributed by atoms with Crippen LogP contribution in [-0.2, 0) is 0 Å². The van der Waals surface area contributed by atoms with Crippen molar-refractivity contribution < 1.29 is 0 Å². The first kappa shape index (κ1) is 66.1. The summed E-state index contributed by atoms with van der Waals surface area (Å²) in [5, 5.41) is 0. The van der Waals surface area contributed by atoms with Gasteiger partial charge in [-0.15, -0.1) is 0 Å². The van der Waals surface area contributed by atoms with Crippen LogP contribution < -0.4 is 0 Å². The van der Waals surface area contributed by atoms with Crippen LogP contribution in [-0.4, -0.2) is 46.1 Å². The number of hydrogen-bond acceptors (Lipinski definition) is 2. The molecule has 8 atom stereocenters. The third kappa shape index (κ3) is 16.9. The summed E-state index contributed by atoms with van der Waals surface area (Å²) in [5.41, 5.74) is 0. The Balaban J connectivity index is 0.590. The van der Waals surface area contributed by atoms with Crippen molar-refractivity contribution in [2.75, 3.05) is 0 Å². The molecule has 14 aliphatic carbocycles. The van der Waals surface area contributed by atoms with E-state index in [9.17, 15) is 0 Å². The second-order valence-electron chi connectivity index (χ2n) is 36.5. The lowest BCUT2D eigenvalue weighted by Gasteiger charge is -2.57. The number of hydrogen-bond donors (Lipinski definition) is 0. The van der Waals surface area contributed by atoms with E-state index in [4.69, 9.17) is 0 Å². The normalized spacial score (nSPS) is 43.4. The quantitative estimate of drug-likeness (QED) is 0.134. The molecule has 90 heavy (non-hydrogen) atoms. The smallest absolute Gasteiger partial charge is 0.0102 e. The molecule has 506 valence electrons. The summed E-state index contributed by atoms with van der Waals surface area (Å²) in [6.45, 7) is 0. The van der Waals surface area contributed by atoms with Crippen LogP contribution in [0.15, 0.2) is 48.6 Å². The topological polar surface area (TPSA) is 6.48 Å². The molecule has 14 fully saturated rings. The first-order chi connectivity index (χ1) is 44.6. The van der Waals surface area contributed by atoms with Crippen LogP contribution in [0.1, 0.15) is 360 Å². The summed E-state index contributed by atoms with van der Waals surface area (Å²) >= 11 is 0. The Hall–Kier alpha value is -1.12. The van der Waals surface area contributed by atoms with E-state index in [1.54, 1.807) is 103 Å². The van der Waals surface area contributed by atoms with Crippen molar-refractivity contribution in [2.24, 2.45) is 107 Å². The Morgan fingerprint density at radius 3 is 0.533 bits per heavy atom. The molecule has 14 aliphatic rings. The first-order valence-corrected chi connectivity index (χ1v) is 42.9. The van der Waals surface area contributed by atoms with E-state index in [0.717, 1.165) is 143 Å². The van der Waals surface area contributed by atoms with Gasteiger partial charge in [0, 0.05) is 36.3 Å². The second kappa shape index (κ2) is 33.4. The third-order valence-electron chi connectivity index (χ3n) is 31.6. The fraction of sp³-hybridized carbons (Fsp3) is 0.909. The molecule has 0 amide bonds. The van der Waals surface area contributed by atoms with Crippen molar-refractivity contribution in [1.82, 2.24) is 9.80 Å². The van der Waals surface area contributed by atoms with Crippen LogP contribution in [0.25, 0.3) is 0 Å². The highest BCUT2D eigenvalue weighted by molar-refractivity contribution is 5.07. The average Bonchev–Trinajstić information content (AvgIpc) is 1.41. The van der Waals surface area contributed by atoms with Crippen LogP contribution in [0.4, 0.5) is 0 Å². The fourth-order valence-corrected chi connectivity index (χ4v) is 26.7. The number of nitrogens with zero attached hydrogens (tertiary/aromatic N) is 2. The van der Waals surface area contributed by atoms with Gasteiger partial charge >= 0.3 is 0 Å².